The van der Waals surface area contributed by atoms with Crippen LogP contribution in [0.4, 0.5) is 5.95 Å². The van der Waals surface area contributed by atoms with Crippen molar-refractivity contribution in [3.05, 3.63) is 18.5 Å². The van der Waals surface area contributed by atoms with Gasteiger partial charge in [-0.15, -0.1) is 0 Å². The van der Waals surface area contributed by atoms with Crippen molar-refractivity contribution in [2.24, 2.45) is 0 Å². The predicted octanol–water partition coefficient (Wildman–Crippen LogP) is 2.47. The molecule has 0 aromatic carbocycles. The van der Waals surface area contributed by atoms with Gasteiger partial charge in [0.1, 0.15) is 0 Å². The van der Waals surface area contributed by atoms with E-state index in [0.29, 0.717) is 0 Å². The summed E-state index contributed by atoms with van der Waals surface area (Å²) in [5.74, 6) is 0.958. The van der Waals surface area contributed by atoms with Crippen LogP contribution in [0.3, 0.4) is 0 Å². The molecular formula is C15H24BN3O2. The van der Waals surface area contributed by atoms with E-state index in [1.807, 2.05) is 6.07 Å². The van der Waals surface area contributed by atoms with Gasteiger partial charge in [-0.25, -0.2) is 9.97 Å². The number of hydrogen-bond donors (Lipinski definition) is 0. The molecule has 1 aromatic rings. The first kappa shape index (κ1) is 14.8. The Kier molecular flexibility index (Phi) is 3.70. The summed E-state index contributed by atoms with van der Waals surface area (Å²) in [6.45, 7) is 9.34. The molecule has 1 atom stereocenters. The van der Waals surface area contributed by atoms with Crippen LogP contribution in [0, 0.1) is 0 Å². The number of nitrogens with zero attached hydrogens (tertiary/aromatic N) is 3. The maximum absolute atomic E-state index is 6.24. The SMILES string of the molecule is CC1(C)OB(C2CCCCN2c2ncccn2)OC1(C)C. The normalized spacial score (nSPS) is 27.9. The first-order valence-corrected chi connectivity index (χ1v) is 7.80. The Morgan fingerprint density at radius 3 is 2.33 bits per heavy atom. The van der Waals surface area contributed by atoms with Crippen molar-refractivity contribution in [1.29, 1.82) is 0 Å². The zero-order chi connectivity index (χ0) is 15.1. The third-order valence-electron chi connectivity index (χ3n) is 4.94. The van der Waals surface area contributed by atoms with Gasteiger partial charge in [0, 0.05) is 18.9 Å². The van der Waals surface area contributed by atoms with Crippen molar-refractivity contribution < 1.29 is 9.31 Å². The number of rotatable bonds is 2. The summed E-state index contributed by atoms with van der Waals surface area (Å²) in [5.41, 5.74) is -0.587. The molecule has 0 bridgehead atoms. The van der Waals surface area contributed by atoms with Crippen LogP contribution in [0.1, 0.15) is 47.0 Å². The second-order valence-corrected chi connectivity index (χ2v) is 6.93. The molecule has 3 rings (SSSR count). The number of anilines is 1. The highest BCUT2D eigenvalue weighted by atomic mass is 16.7. The van der Waals surface area contributed by atoms with E-state index in [9.17, 15) is 0 Å². The van der Waals surface area contributed by atoms with Gasteiger partial charge in [0.25, 0.3) is 0 Å². The molecule has 0 N–H and O–H groups in total. The molecule has 1 unspecified atom stereocenters. The van der Waals surface area contributed by atoms with Gasteiger partial charge in [-0.05, 0) is 46.6 Å². The Balaban J connectivity index is 1.83. The van der Waals surface area contributed by atoms with Crippen molar-refractivity contribution in [3.8, 4) is 0 Å². The fraction of sp³-hybridized carbons (Fsp3) is 0.733. The smallest absolute Gasteiger partial charge is 0.402 e. The molecule has 2 fully saturated rings. The minimum atomic E-state index is -0.293. The molecule has 2 aliphatic rings. The van der Waals surface area contributed by atoms with Crippen LogP contribution in [-0.2, 0) is 9.31 Å². The summed E-state index contributed by atoms with van der Waals surface area (Å²) in [7, 11) is -0.223. The van der Waals surface area contributed by atoms with E-state index in [4.69, 9.17) is 9.31 Å². The standard InChI is InChI=1S/C15H24BN3O2/c1-14(2)15(3,4)21-16(20-14)12-8-5-6-11-19(12)13-17-9-7-10-18-13/h7,9-10,12H,5-6,8,11H2,1-4H3. The maximum Gasteiger partial charge on any atom is 0.482 e. The van der Waals surface area contributed by atoms with E-state index in [1.54, 1.807) is 12.4 Å². The molecular weight excluding hydrogens is 265 g/mol. The summed E-state index contributed by atoms with van der Waals surface area (Å²) in [4.78, 5) is 11.0. The van der Waals surface area contributed by atoms with E-state index < -0.39 is 0 Å². The zero-order valence-corrected chi connectivity index (χ0v) is 13.4. The van der Waals surface area contributed by atoms with Gasteiger partial charge in [0.05, 0.1) is 17.1 Å². The van der Waals surface area contributed by atoms with Crippen molar-refractivity contribution >= 4 is 13.1 Å². The minimum Gasteiger partial charge on any atom is -0.402 e. The summed E-state index contributed by atoms with van der Waals surface area (Å²) in [6.07, 6.45) is 6.98. The quantitative estimate of drug-likeness (QED) is 0.783. The van der Waals surface area contributed by atoms with Gasteiger partial charge in [-0.1, -0.05) is 6.42 Å². The molecule has 0 amide bonds. The van der Waals surface area contributed by atoms with Gasteiger partial charge < -0.3 is 14.2 Å². The summed E-state index contributed by atoms with van der Waals surface area (Å²) in [5, 5.41) is 0. The van der Waals surface area contributed by atoms with Gasteiger partial charge in [0.2, 0.25) is 5.95 Å². The van der Waals surface area contributed by atoms with E-state index in [1.165, 1.54) is 6.42 Å². The van der Waals surface area contributed by atoms with Crippen molar-refractivity contribution in [3.63, 3.8) is 0 Å². The van der Waals surface area contributed by atoms with Gasteiger partial charge in [-0.2, -0.15) is 0 Å². The third-order valence-corrected chi connectivity index (χ3v) is 4.94. The maximum atomic E-state index is 6.24. The Labute approximate surface area is 127 Å². The van der Waals surface area contributed by atoms with Crippen LogP contribution in [0.2, 0.25) is 0 Å². The lowest BCUT2D eigenvalue weighted by Gasteiger charge is -2.36. The van der Waals surface area contributed by atoms with Gasteiger partial charge >= 0.3 is 7.12 Å². The molecule has 114 valence electrons. The highest BCUT2D eigenvalue weighted by molar-refractivity contribution is 6.48. The lowest BCUT2D eigenvalue weighted by Crippen LogP contribution is -2.51. The Morgan fingerprint density at radius 1 is 1.10 bits per heavy atom. The first-order chi connectivity index (χ1) is 9.91. The van der Waals surface area contributed by atoms with Crippen LogP contribution in [-0.4, -0.2) is 40.8 Å². The van der Waals surface area contributed by atoms with Crippen LogP contribution in [0.25, 0.3) is 0 Å². The van der Waals surface area contributed by atoms with Crippen LogP contribution >= 0.6 is 0 Å². The Morgan fingerprint density at radius 2 is 1.71 bits per heavy atom. The molecule has 1 aromatic heterocycles. The highest BCUT2D eigenvalue weighted by Gasteiger charge is 2.55. The van der Waals surface area contributed by atoms with E-state index in [2.05, 4.69) is 42.6 Å². The van der Waals surface area contributed by atoms with Crippen molar-refractivity contribution in [2.45, 2.75) is 64.1 Å². The summed E-state index contributed by atoms with van der Waals surface area (Å²) in [6, 6.07) is 1.84. The number of piperidine rings is 1. The third kappa shape index (κ3) is 2.67. The molecule has 0 aliphatic carbocycles. The summed E-state index contributed by atoms with van der Waals surface area (Å²) < 4.78 is 12.5. The van der Waals surface area contributed by atoms with Crippen LogP contribution in [0.5, 0.6) is 0 Å². The molecule has 5 nitrogen and oxygen atoms in total. The molecule has 0 saturated carbocycles. The predicted molar refractivity (Wildman–Crippen MR) is 83.1 cm³/mol. The number of aromatic nitrogens is 2. The van der Waals surface area contributed by atoms with Crippen molar-refractivity contribution in [2.75, 3.05) is 11.4 Å². The average molecular weight is 289 g/mol. The van der Waals surface area contributed by atoms with E-state index >= 15 is 0 Å². The molecule has 6 heteroatoms. The van der Waals surface area contributed by atoms with E-state index in [0.717, 1.165) is 25.3 Å². The molecule has 0 spiro atoms. The zero-order valence-electron chi connectivity index (χ0n) is 13.4. The number of hydrogen-bond acceptors (Lipinski definition) is 5. The lowest BCUT2D eigenvalue weighted by molar-refractivity contribution is 0.00578. The highest BCUT2D eigenvalue weighted by Crippen LogP contribution is 2.39. The topological polar surface area (TPSA) is 47.5 Å². The molecule has 2 saturated heterocycles. The Hall–Kier alpha value is -1.14. The lowest BCUT2D eigenvalue weighted by atomic mass is 9.72. The Bertz CT molecular complexity index is 479. The molecule has 3 heterocycles. The monoisotopic (exact) mass is 289 g/mol. The van der Waals surface area contributed by atoms with Gasteiger partial charge in [0.15, 0.2) is 0 Å². The fourth-order valence-electron chi connectivity index (χ4n) is 2.97. The molecule has 21 heavy (non-hydrogen) atoms. The molecule has 0 radical (unpaired) electrons. The van der Waals surface area contributed by atoms with Crippen molar-refractivity contribution in [1.82, 2.24) is 9.97 Å². The second kappa shape index (κ2) is 5.25. The van der Waals surface area contributed by atoms with Crippen LogP contribution in [0.15, 0.2) is 18.5 Å². The molecule has 2 aliphatic heterocycles. The second-order valence-electron chi connectivity index (χ2n) is 6.93. The van der Waals surface area contributed by atoms with Crippen LogP contribution < -0.4 is 4.90 Å². The first-order valence-electron chi connectivity index (χ1n) is 7.80. The average Bonchev–Trinajstić information content (AvgIpc) is 2.68. The fourth-order valence-corrected chi connectivity index (χ4v) is 2.97. The minimum absolute atomic E-state index is 0.183. The van der Waals surface area contributed by atoms with Gasteiger partial charge in [-0.3, -0.25) is 0 Å². The van der Waals surface area contributed by atoms with E-state index in [-0.39, 0.29) is 24.3 Å². The largest absolute Gasteiger partial charge is 0.482 e. The summed E-state index contributed by atoms with van der Waals surface area (Å²) >= 11 is 0.